The summed E-state index contributed by atoms with van der Waals surface area (Å²) < 4.78 is 5.85. The lowest BCUT2D eigenvalue weighted by molar-refractivity contribution is -0.120. The first-order valence-corrected chi connectivity index (χ1v) is 8.96. The van der Waals surface area contributed by atoms with E-state index in [2.05, 4.69) is 32.0 Å². The molecule has 4 nitrogen and oxygen atoms in total. The maximum Gasteiger partial charge on any atom is 0.164 e. The second-order valence-corrected chi connectivity index (χ2v) is 8.10. The summed E-state index contributed by atoms with van der Waals surface area (Å²) >= 11 is 0. The highest BCUT2D eigenvalue weighted by Crippen LogP contribution is 2.48. The molecule has 26 heavy (non-hydrogen) atoms. The highest BCUT2D eigenvalue weighted by atomic mass is 16.5. The van der Waals surface area contributed by atoms with Crippen molar-refractivity contribution in [3.63, 3.8) is 0 Å². The number of fused-ring (bicyclic) bond motifs is 1. The molecule has 0 bridgehead atoms. The quantitative estimate of drug-likeness (QED) is 0.846. The molecule has 2 aromatic rings. The van der Waals surface area contributed by atoms with Gasteiger partial charge >= 0.3 is 0 Å². The van der Waals surface area contributed by atoms with Crippen LogP contribution in [-0.2, 0) is 9.53 Å². The van der Waals surface area contributed by atoms with Gasteiger partial charge in [-0.3, -0.25) is 10.5 Å². The Hall–Kier alpha value is -2.64. The number of benzene rings is 2. The minimum atomic E-state index is -0.725. The topological polar surface area (TPSA) is 76.1 Å². The van der Waals surface area contributed by atoms with E-state index in [1.165, 1.54) is 0 Å². The second-order valence-electron chi connectivity index (χ2n) is 8.10. The lowest BCUT2D eigenvalue weighted by Gasteiger charge is -2.41. The highest BCUT2D eigenvalue weighted by Gasteiger charge is 2.46. The van der Waals surface area contributed by atoms with Crippen LogP contribution in [0, 0.1) is 22.7 Å². The van der Waals surface area contributed by atoms with Gasteiger partial charge in [-0.15, -0.1) is 0 Å². The zero-order valence-corrected chi connectivity index (χ0v) is 15.0. The summed E-state index contributed by atoms with van der Waals surface area (Å²) in [5, 5.41) is 12.0. The van der Waals surface area contributed by atoms with Crippen LogP contribution in [0.15, 0.2) is 53.8 Å². The summed E-state index contributed by atoms with van der Waals surface area (Å²) in [4.78, 5) is 13.0. The van der Waals surface area contributed by atoms with Gasteiger partial charge in [-0.2, -0.15) is 5.26 Å². The molecule has 0 spiro atoms. The Morgan fingerprint density at radius 2 is 1.88 bits per heavy atom. The molecular formula is C22H22N2O2. The van der Waals surface area contributed by atoms with Crippen LogP contribution in [0.5, 0.6) is 0 Å². The maximum absolute atomic E-state index is 13.0. The second kappa shape index (κ2) is 5.96. The predicted octanol–water partition coefficient (Wildman–Crippen LogP) is 4.02. The molecule has 0 fully saturated rings. The Labute approximate surface area is 153 Å². The Bertz CT molecular complexity index is 968. The average Bonchev–Trinajstić information content (AvgIpc) is 2.59. The van der Waals surface area contributed by atoms with Crippen molar-refractivity contribution in [3.8, 4) is 6.07 Å². The van der Waals surface area contributed by atoms with Crippen LogP contribution in [-0.4, -0.2) is 12.0 Å². The Morgan fingerprint density at radius 3 is 2.62 bits per heavy atom. The first-order valence-electron chi connectivity index (χ1n) is 8.96. The third kappa shape index (κ3) is 2.69. The van der Waals surface area contributed by atoms with E-state index in [-0.39, 0.29) is 17.1 Å². The molecule has 1 aliphatic heterocycles. The number of nitriles is 1. The van der Waals surface area contributed by atoms with Crippen molar-refractivity contribution >= 4 is 16.6 Å². The van der Waals surface area contributed by atoms with E-state index in [9.17, 15) is 10.1 Å². The van der Waals surface area contributed by atoms with Crippen LogP contribution in [0.4, 0.5) is 0 Å². The molecule has 2 aliphatic rings. The molecule has 0 saturated heterocycles. The standard InChI is InChI=1S/C22H22N2O2/c1-22(2)10-17(25)20-18(11-22)26-21(24)16(12-23)19(20)15-8-7-13-5-3-4-6-14(13)9-15/h3-9,16,19,21H,10-11,24H2,1-2H3. The molecule has 1 heterocycles. The molecule has 1 aliphatic carbocycles. The Kier molecular flexibility index (Phi) is 3.86. The molecule has 0 amide bonds. The molecule has 2 aromatic carbocycles. The molecule has 0 aromatic heterocycles. The average molecular weight is 346 g/mol. The van der Waals surface area contributed by atoms with Crippen molar-refractivity contribution in [2.45, 2.75) is 38.8 Å². The summed E-state index contributed by atoms with van der Waals surface area (Å²) in [6.07, 6.45) is 0.411. The molecule has 3 atom stereocenters. The smallest absolute Gasteiger partial charge is 0.164 e. The van der Waals surface area contributed by atoms with Crippen LogP contribution in [0.2, 0.25) is 0 Å². The fourth-order valence-electron chi connectivity index (χ4n) is 4.26. The number of carbonyl (C=O) groups excluding carboxylic acids is 1. The summed E-state index contributed by atoms with van der Waals surface area (Å²) in [6.45, 7) is 4.12. The van der Waals surface area contributed by atoms with Gasteiger partial charge < -0.3 is 4.74 Å². The SMILES string of the molecule is CC1(C)CC(=O)C2=C(C1)OC(N)C(C#N)C2c1ccc2ccccc2c1. The summed E-state index contributed by atoms with van der Waals surface area (Å²) in [6, 6.07) is 16.5. The van der Waals surface area contributed by atoms with E-state index in [1.54, 1.807) is 0 Å². The number of ketones is 1. The van der Waals surface area contributed by atoms with Gasteiger partial charge in [0.15, 0.2) is 12.0 Å². The van der Waals surface area contributed by atoms with Gasteiger partial charge in [0.1, 0.15) is 11.7 Å². The first kappa shape index (κ1) is 16.8. The number of hydrogen-bond acceptors (Lipinski definition) is 4. The zero-order valence-electron chi connectivity index (χ0n) is 15.0. The maximum atomic E-state index is 13.0. The van der Waals surface area contributed by atoms with Gasteiger partial charge in [-0.25, -0.2) is 0 Å². The van der Waals surface area contributed by atoms with Gasteiger partial charge in [0.05, 0.1) is 6.07 Å². The molecule has 4 rings (SSSR count). The lowest BCUT2D eigenvalue weighted by Crippen LogP contribution is -2.44. The van der Waals surface area contributed by atoms with Crippen molar-refractivity contribution in [3.05, 3.63) is 59.4 Å². The minimum Gasteiger partial charge on any atom is -0.478 e. The van der Waals surface area contributed by atoms with Gasteiger partial charge in [0, 0.05) is 24.3 Å². The fraction of sp³-hybridized carbons (Fsp3) is 0.364. The van der Waals surface area contributed by atoms with Crippen molar-refractivity contribution in [1.82, 2.24) is 0 Å². The number of ether oxygens (including phenoxy) is 1. The van der Waals surface area contributed by atoms with E-state index in [4.69, 9.17) is 10.5 Å². The van der Waals surface area contributed by atoms with Gasteiger partial charge in [0.25, 0.3) is 0 Å². The molecule has 2 N–H and O–H groups in total. The Balaban J connectivity index is 1.89. The highest BCUT2D eigenvalue weighted by molar-refractivity contribution is 5.99. The lowest BCUT2D eigenvalue weighted by atomic mass is 9.68. The number of carbonyl (C=O) groups is 1. The monoisotopic (exact) mass is 346 g/mol. The molecule has 4 heteroatoms. The minimum absolute atomic E-state index is 0.0709. The normalized spacial score (nSPS) is 27.6. The molecule has 132 valence electrons. The zero-order chi connectivity index (χ0) is 18.5. The fourth-order valence-corrected chi connectivity index (χ4v) is 4.26. The van der Waals surface area contributed by atoms with Crippen molar-refractivity contribution in [2.75, 3.05) is 0 Å². The third-order valence-corrected chi connectivity index (χ3v) is 5.46. The van der Waals surface area contributed by atoms with E-state index >= 15 is 0 Å². The van der Waals surface area contributed by atoms with Crippen LogP contribution in [0.1, 0.15) is 38.2 Å². The van der Waals surface area contributed by atoms with Gasteiger partial charge in [0.2, 0.25) is 0 Å². The van der Waals surface area contributed by atoms with E-state index in [0.29, 0.717) is 24.2 Å². The number of rotatable bonds is 1. The predicted molar refractivity (Wildman–Crippen MR) is 99.9 cm³/mol. The third-order valence-electron chi connectivity index (χ3n) is 5.46. The number of nitrogens with zero attached hydrogens (tertiary/aromatic N) is 1. The van der Waals surface area contributed by atoms with Crippen molar-refractivity contribution in [2.24, 2.45) is 17.1 Å². The summed E-state index contributed by atoms with van der Waals surface area (Å²) in [5.74, 6) is -0.183. The Morgan fingerprint density at radius 1 is 1.15 bits per heavy atom. The number of hydrogen-bond donors (Lipinski definition) is 1. The van der Waals surface area contributed by atoms with Gasteiger partial charge in [-0.05, 0) is 21.8 Å². The molecule has 3 unspecified atom stereocenters. The van der Waals surface area contributed by atoms with Gasteiger partial charge in [-0.1, -0.05) is 56.3 Å². The van der Waals surface area contributed by atoms with Crippen LogP contribution >= 0.6 is 0 Å². The van der Waals surface area contributed by atoms with E-state index in [1.807, 2.05) is 30.3 Å². The number of allylic oxidation sites excluding steroid dienone is 2. The van der Waals surface area contributed by atoms with E-state index < -0.39 is 12.1 Å². The summed E-state index contributed by atoms with van der Waals surface area (Å²) in [5.41, 5.74) is 7.63. The van der Waals surface area contributed by atoms with E-state index in [0.717, 1.165) is 16.3 Å². The molecule has 0 radical (unpaired) electrons. The van der Waals surface area contributed by atoms with Crippen LogP contribution in [0.3, 0.4) is 0 Å². The van der Waals surface area contributed by atoms with Crippen molar-refractivity contribution in [1.29, 1.82) is 5.26 Å². The largest absolute Gasteiger partial charge is 0.478 e. The number of Topliss-reactive ketones (excluding diaryl/α,β-unsaturated/α-hetero) is 1. The molecule has 0 saturated carbocycles. The molecular weight excluding hydrogens is 324 g/mol. The summed E-state index contributed by atoms with van der Waals surface area (Å²) in [7, 11) is 0. The first-order chi connectivity index (χ1) is 12.4. The number of nitrogens with two attached hydrogens (primary N) is 1. The van der Waals surface area contributed by atoms with Crippen molar-refractivity contribution < 1.29 is 9.53 Å². The van der Waals surface area contributed by atoms with Crippen LogP contribution in [0.25, 0.3) is 10.8 Å². The van der Waals surface area contributed by atoms with Crippen LogP contribution < -0.4 is 5.73 Å².